The fourth-order valence-corrected chi connectivity index (χ4v) is 3.33. The topological polar surface area (TPSA) is 93.8 Å². The first-order valence-electron chi connectivity index (χ1n) is 7.82. The van der Waals surface area contributed by atoms with Gasteiger partial charge >= 0.3 is 5.97 Å². The summed E-state index contributed by atoms with van der Waals surface area (Å²) in [5.74, 6) is -1.23. The van der Waals surface area contributed by atoms with Gasteiger partial charge in [0.2, 0.25) is 0 Å². The average molecular weight is 361 g/mol. The van der Waals surface area contributed by atoms with Gasteiger partial charge in [-0.25, -0.2) is 14.4 Å². The molecule has 0 aliphatic rings. The molecule has 0 aliphatic heterocycles. The number of hydrogen-bond acceptors (Lipinski definition) is 6. The van der Waals surface area contributed by atoms with Gasteiger partial charge in [0, 0.05) is 0 Å². The molecule has 2 aromatic heterocycles. The minimum atomic E-state index is -0.879. The maximum absolute atomic E-state index is 13.1. The summed E-state index contributed by atoms with van der Waals surface area (Å²) in [6.45, 7) is 2.01. The van der Waals surface area contributed by atoms with Crippen LogP contribution in [0.5, 0.6) is 0 Å². The molecule has 3 rings (SSSR count). The lowest BCUT2D eigenvalue weighted by Crippen LogP contribution is -2.16. The van der Waals surface area contributed by atoms with Crippen molar-refractivity contribution in [1.29, 1.82) is 0 Å². The van der Waals surface area contributed by atoms with Crippen LogP contribution in [0.2, 0.25) is 0 Å². The molecule has 130 valence electrons. The van der Waals surface area contributed by atoms with Gasteiger partial charge < -0.3 is 5.11 Å². The third-order valence-electron chi connectivity index (χ3n) is 3.62. The average Bonchev–Trinajstić information content (AvgIpc) is 3.04. The van der Waals surface area contributed by atoms with Crippen LogP contribution in [0.15, 0.2) is 35.6 Å². The van der Waals surface area contributed by atoms with Crippen LogP contribution in [0, 0.1) is 5.82 Å². The Kier molecular flexibility index (Phi) is 5.22. The highest BCUT2D eigenvalue weighted by Crippen LogP contribution is 2.30. The normalized spacial score (nSPS) is 12.4. The van der Waals surface area contributed by atoms with Gasteiger partial charge in [-0.1, -0.05) is 36.7 Å². The van der Waals surface area contributed by atoms with Gasteiger partial charge in [0.25, 0.3) is 0 Å². The van der Waals surface area contributed by atoms with E-state index in [4.69, 9.17) is 0 Å². The first kappa shape index (κ1) is 17.3. The number of carboxylic acid groups (broad SMARTS) is 1. The Bertz CT molecular complexity index is 884. The first-order valence-corrected chi connectivity index (χ1v) is 8.70. The third-order valence-corrected chi connectivity index (χ3v) is 4.87. The summed E-state index contributed by atoms with van der Waals surface area (Å²) in [6, 6.07) is 5.79. The molecule has 1 unspecified atom stereocenters. The zero-order chi connectivity index (χ0) is 17.8. The van der Waals surface area contributed by atoms with Crippen molar-refractivity contribution < 1.29 is 14.3 Å². The Hall–Kier alpha value is -2.55. The van der Waals surface area contributed by atoms with E-state index in [1.807, 2.05) is 6.92 Å². The SMILES string of the molecule is CCCCC(Sc1ncnc2c1nnn2-c1ccc(F)cc1)C(=O)O. The van der Waals surface area contributed by atoms with E-state index >= 15 is 0 Å². The maximum Gasteiger partial charge on any atom is 0.317 e. The smallest absolute Gasteiger partial charge is 0.317 e. The van der Waals surface area contributed by atoms with Crippen molar-refractivity contribution in [2.45, 2.75) is 36.5 Å². The second-order valence-electron chi connectivity index (χ2n) is 5.42. The van der Waals surface area contributed by atoms with Gasteiger partial charge in [-0.2, -0.15) is 4.68 Å². The predicted octanol–water partition coefficient (Wildman–Crippen LogP) is 3.09. The summed E-state index contributed by atoms with van der Waals surface area (Å²) in [6.07, 6.45) is 3.64. The largest absolute Gasteiger partial charge is 0.480 e. The minimum Gasteiger partial charge on any atom is -0.480 e. The van der Waals surface area contributed by atoms with Crippen LogP contribution in [-0.4, -0.2) is 41.3 Å². The van der Waals surface area contributed by atoms with Crippen molar-refractivity contribution in [3.05, 3.63) is 36.4 Å². The number of thioether (sulfide) groups is 1. The van der Waals surface area contributed by atoms with Gasteiger partial charge in [0.15, 0.2) is 11.2 Å². The second kappa shape index (κ2) is 7.56. The molecule has 25 heavy (non-hydrogen) atoms. The molecule has 0 radical (unpaired) electrons. The molecule has 0 amide bonds. The van der Waals surface area contributed by atoms with Crippen LogP contribution in [0.1, 0.15) is 26.2 Å². The molecule has 0 fully saturated rings. The van der Waals surface area contributed by atoms with E-state index in [0.717, 1.165) is 24.6 Å². The molecule has 0 aliphatic carbocycles. The molecule has 9 heteroatoms. The molecule has 0 saturated heterocycles. The maximum atomic E-state index is 13.1. The fraction of sp³-hybridized carbons (Fsp3) is 0.312. The zero-order valence-corrected chi connectivity index (χ0v) is 14.3. The highest BCUT2D eigenvalue weighted by Gasteiger charge is 2.22. The van der Waals surface area contributed by atoms with Crippen LogP contribution >= 0.6 is 11.8 Å². The standard InChI is InChI=1S/C16H16FN5O2S/c1-2-3-4-12(16(23)24)25-15-13-14(18-9-19-15)22(21-20-13)11-7-5-10(17)6-8-11/h5-9,12H,2-4H2,1H3,(H,23,24). The van der Waals surface area contributed by atoms with Crippen molar-refractivity contribution in [3.8, 4) is 5.69 Å². The van der Waals surface area contributed by atoms with Crippen LogP contribution < -0.4 is 0 Å². The van der Waals surface area contributed by atoms with Crippen molar-refractivity contribution in [2.75, 3.05) is 0 Å². The van der Waals surface area contributed by atoms with Crippen LogP contribution in [0.25, 0.3) is 16.9 Å². The lowest BCUT2D eigenvalue weighted by atomic mass is 10.2. The Morgan fingerprint density at radius 1 is 1.32 bits per heavy atom. The van der Waals surface area contributed by atoms with E-state index in [-0.39, 0.29) is 5.82 Å². The molecule has 0 saturated carbocycles. The zero-order valence-electron chi connectivity index (χ0n) is 13.5. The highest BCUT2D eigenvalue weighted by molar-refractivity contribution is 8.00. The highest BCUT2D eigenvalue weighted by atomic mass is 32.2. The van der Waals surface area contributed by atoms with E-state index in [9.17, 15) is 14.3 Å². The minimum absolute atomic E-state index is 0.348. The Morgan fingerprint density at radius 3 is 2.76 bits per heavy atom. The Labute approximate surface area is 147 Å². The summed E-state index contributed by atoms with van der Waals surface area (Å²) in [7, 11) is 0. The van der Waals surface area contributed by atoms with Crippen molar-refractivity contribution in [2.24, 2.45) is 0 Å². The van der Waals surface area contributed by atoms with E-state index in [2.05, 4.69) is 20.3 Å². The lowest BCUT2D eigenvalue weighted by molar-refractivity contribution is -0.136. The summed E-state index contributed by atoms with van der Waals surface area (Å²) < 4.78 is 14.6. The van der Waals surface area contributed by atoms with Gasteiger partial charge in [-0.05, 0) is 30.7 Å². The number of rotatable bonds is 7. The van der Waals surface area contributed by atoms with E-state index in [1.165, 1.54) is 23.1 Å². The quantitative estimate of drug-likeness (QED) is 0.510. The number of carbonyl (C=O) groups is 1. The summed E-state index contributed by atoms with van der Waals surface area (Å²) in [5, 5.41) is 17.4. The number of carboxylic acids is 1. The van der Waals surface area contributed by atoms with Gasteiger partial charge in [0.05, 0.1) is 5.69 Å². The number of hydrogen-bond donors (Lipinski definition) is 1. The van der Waals surface area contributed by atoms with Gasteiger partial charge in [0.1, 0.15) is 22.4 Å². The van der Waals surface area contributed by atoms with E-state index in [1.54, 1.807) is 12.1 Å². The molecule has 1 aromatic carbocycles. The molecule has 3 aromatic rings. The first-order chi connectivity index (χ1) is 12.1. The van der Waals surface area contributed by atoms with Crippen molar-refractivity contribution in [3.63, 3.8) is 0 Å². The molecular weight excluding hydrogens is 345 g/mol. The number of fused-ring (bicyclic) bond motifs is 1. The molecular formula is C16H16FN5O2S. The fourth-order valence-electron chi connectivity index (χ4n) is 2.33. The van der Waals surface area contributed by atoms with E-state index in [0.29, 0.717) is 28.3 Å². The molecule has 0 bridgehead atoms. The molecule has 1 atom stereocenters. The Balaban J connectivity index is 1.95. The summed E-state index contributed by atoms with van der Waals surface area (Å²) >= 11 is 1.15. The van der Waals surface area contributed by atoms with Crippen molar-refractivity contribution >= 4 is 28.9 Å². The Morgan fingerprint density at radius 2 is 2.08 bits per heavy atom. The van der Waals surface area contributed by atoms with Crippen LogP contribution in [-0.2, 0) is 4.79 Å². The lowest BCUT2D eigenvalue weighted by Gasteiger charge is -2.10. The van der Waals surface area contributed by atoms with Crippen LogP contribution in [0.3, 0.4) is 0 Å². The molecule has 1 N–H and O–H groups in total. The number of aromatic nitrogens is 5. The number of unbranched alkanes of at least 4 members (excludes halogenated alkanes) is 1. The summed E-state index contributed by atoms with van der Waals surface area (Å²) in [5.41, 5.74) is 1.49. The second-order valence-corrected chi connectivity index (χ2v) is 6.61. The van der Waals surface area contributed by atoms with Gasteiger partial charge in [-0.3, -0.25) is 4.79 Å². The molecule has 2 heterocycles. The van der Waals surface area contributed by atoms with Crippen LogP contribution in [0.4, 0.5) is 4.39 Å². The third kappa shape index (κ3) is 3.76. The predicted molar refractivity (Wildman–Crippen MR) is 91.2 cm³/mol. The number of halogens is 1. The van der Waals surface area contributed by atoms with Gasteiger partial charge in [-0.15, -0.1) is 5.10 Å². The number of benzene rings is 1. The van der Waals surface area contributed by atoms with E-state index < -0.39 is 11.2 Å². The molecule has 0 spiro atoms. The number of aliphatic carboxylic acids is 1. The monoisotopic (exact) mass is 361 g/mol. The van der Waals surface area contributed by atoms with Crippen molar-refractivity contribution in [1.82, 2.24) is 25.0 Å². The number of nitrogens with zero attached hydrogens (tertiary/aromatic N) is 5. The molecule has 7 nitrogen and oxygen atoms in total. The summed E-state index contributed by atoms with van der Waals surface area (Å²) in [4.78, 5) is 19.8.